The van der Waals surface area contributed by atoms with Crippen LogP contribution in [-0.4, -0.2) is 58.9 Å². The highest BCUT2D eigenvalue weighted by atomic mass is 19.1. The van der Waals surface area contributed by atoms with Gasteiger partial charge in [-0.1, -0.05) is 12.1 Å². The smallest absolute Gasteiger partial charge is 0.308 e. The molecule has 1 aromatic rings. The molecular formula is C20H25FN2O4. The van der Waals surface area contributed by atoms with E-state index in [4.69, 9.17) is 0 Å². The number of halogens is 1. The fourth-order valence-corrected chi connectivity index (χ4v) is 3.93. The molecule has 146 valence electrons. The number of amides is 2. The summed E-state index contributed by atoms with van der Waals surface area (Å²) in [7, 11) is 0. The maximum atomic E-state index is 13.0. The quantitative estimate of drug-likeness (QED) is 0.871. The number of aliphatic carboxylic acids is 1. The highest BCUT2D eigenvalue weighted by molar-refractivity contribution is 5.83. The number of rotatable bonds is 4. The molecule has 3 rings (SSSR count). The molecule has 0 saturated carbocycles. The maximum Gasteiger partial charge on any atom is 0.308 e. The minimum atomic E-state index is -0.854. The summed E-state index contributed by atoms with van der Waals surface area (Å²) in [5, 5.41) is 9.21. The van der Waals surface area contributed by atoms with Crippen molar-refractivity contribution >= 4 is 17.8 Å². The Kier molecular flexibility index (Phi) is 6.08. The van der Waals surface area contributed by atoms with Crippen molar-refractivity contribution in [3.05, 3.63) is 35.6 Å². The maximum absolute atomic E-state index is 13.0. The van der Waals surface area contributed by atoms with E-state index in [1.165, 1.54) is 12.1 Å². The van der Waals surface area contributed by atoms with Crippen LogP contribution in [0.15, 0.2) is 24.3 Å². The summed E-state index contributed by atoms with van der Waals surface area (Å²) in [5.41, 5.74) is 0.746. The number of carboxylic acid groups (broad SMARTS) is 1. The molecule has 7 heteroatoms. The fraction of sp³-hybridized carbons (Fsp3) is 0.550. The molecule has 2 aliphatic rings. The Hall–Kier alpha value is -2.44. The van der Waals surface area contributed by atoms with Gasteiger partial charge in [0.2, 0.25) is 11.8 Å². The summed E-state index contributed by atoms with van der Waals surface area (Å²) >= 11 is 0. The normalized spacial score (nSPS) is 23.1. The van der Waals surface area contributed by atoms with Crippen molar-refractivity contribution in [2.75, 3.05) is 26.2 Å². The van der Waals surface area contributed by atoms with E-state index < -0.39 is 11.9 Å². The van der Waals surface area contributed by atoms with E-state index in [2.05, 4.69) is 0 Å². The number of carbonyl (C=O) groups is 3. The minimum absolute atomic E-state index is 0.0415. The number of nitrogens with zero attached hydrogens (tertiary/aromatic N) is 2. The summed E-state index contributed by atoms with van der Waals surface area (Å²) in [6.45, 7) is 1.82. The largest absolute Gasteiger partial charge is 0.481 e. The van der Waals surface area contributed by atoms with E-state index in [0.29, 0.717) is 38.9 Å². The van der Waals surface area contributed by atoms with Crippen LogP contribution in [0.4, 0.5) is 4.39 Å². The molecule has 2 saturated heterocycles. The molecule has 2 fully saturated rings. The Labute approximate surface area is 157 Å². The lowest BCUT2D eigenvalue weighted by molar-refractivity contribution is -0.147. The summed E-state index contributed by atoms with van der Waals surface area (Å²) in [5.74, 6) is -2.07. The fourth-order valence-electron chi connectivity index (χ4n) is 3.93. The van der Waals surface area contributed by atoms with E-state index in [1.807, 2.05) is 0 Å². The number of benzene rings is 1. The Bertz CT molecular complexity index is 706. The summed E-state index contributed by atoms with van der Waals surface area (Å²) in [6.07, 6.45) is 2.95. The van der Waals surface area contributed by atoms with E-state index in [0.717, 1.165) is 12.0 Å². The standard InChI is InChI=1S/C20H25FN2O4/c21-17-7-5-14(6-8-17)11-18(24)22-9-1-3-15(12-22)19(25)23-10-2-4-16(13-23)20(26)27/h5-8,15-16H,1-4,9-13H2,(H,26,27)/t15-,16-/m1/s1. The van der Waals surface area contributed by atoms with Gasteiger partial charge < -0.3 is 14.9 Å². The van der Waals surface area contributed by atoms with Gasteiger partial charge in [-0.25, -0.2) is 4.39 Å². The zero-order valence-electron chi connectivity index (χ0n) is 15.3. The third-order valence-corrected chi connectivity index (χ3v) is 5.47. The van der Waals surface area contributed by atoms with Crippen molar-refractivity contribution in [2.45, 2.75) is 32.1 Å². The molecular weight excluding hydrogens is 351 g/mol. The van der Waals surface area contributed by atoms with Gasteiger partial charge in [-0.15, -0.1) is 0 Å². The Morgan fingerprint density at radius 3 is 2.22 bits per heavy atom. The first kappa shape index (κ1) is 19.3. The topological polar surface area (TPSA) is 77.9 Å². The average molecular weight is 376 g/mol. The second-order valence-corrected chi connectivity index (χ2v) is 7.44. The predicted octanol–water partition coefficient (Wildman–Crippen LogP) is 1.93. The SMILES string of the molecule is O=C(O)[C@@H]1CCCN(C(=O)[C@@H]2CCCN(C(=O)Cc3ccc(F)cc3)C2)C1. The molecule has 0 unspecified atom stereocenters. The number of carboxylic acids is 1. The lowest BCUT2D eigenvalue weighted by atomic mass is 9.93. The molecule has 0 aromatic heterocycles. The van der Waals surface area contributed by atoms with Crippen LogP contribution < -0.4 is 0 Å². The zero-order chi connectivity index (χ0) is 19.4. The molecule has 1 aromatic carbocycles. The molecule has 6 nitrogen and oxygen atoms in total. The van der Waals surface area contributed by atoms with Crippen LogP contribution in [0.1, 0.15) is 31.2 Å². The van der Waals surface area contributed by atoms with Crippen molar-refractivity contribution in [1.29, 1.82) is 0 Å². The van der Waals surface area contributed by atoms with Crippen LogP contribution in [0.25, 0.3) is 0 Å². The van der Waals surface area contributed by atoms with E-state index in [9.17, 15) is 23.9 Å². The van der Waals surface area contributed by atoms with Gasteiger partial charge in [-0.3, -0.25) is 14.4 Å². The number of piperidine rings is 2. The van der Waals surface area contributed by atoms with Gasteiger partial charge in [-0.05, 0) is 43.4 Å². The van der Waals surface area contributed by atoms with Gasteiger partial charge in [0.25, 0.3) is 0 Å². The van der Waals surface area contributed by atoms with Crippen LogP contribution in [0.2, 0.25) is 0 Å². The first-order chi connectivity index (χ1) is 12.9. The number of carbonyl (C=O) groups excluding carboxylic acids is 2. The molecule has 0 radical (unpaired) electrons. The zero-order valence-corrected chi connectivity index (χ0v) is 15.3. The van der Waals surface area contributed by atoms with Crippen molar-refractivity contribution in [3.63, 3.8) is 0 Å². The van der Waals surface area contributed by atoms with E-state index in [1.54, 1.807) is 21.9 Å². The lowest BCUT2D eigenvalue weighted by Gasteiger charge is -2.37. The Morgan fingerprint density at radius 2 is 1.56 bits per heavy atom. The molecule has 2 heterocycles. The molecule has 2 aliphatic heterocycles. The number of hydrogen-bond donors (Lipinski definition) is 1. The van der Waals surface area contributed by atoms with Crippen LogP contribution in [0, 0.1) is 17.7 Å². The van der Waals surface area contributed by atoms with Crippen molar-refractivity contribution in [2.24, 2.45) is 11.8 Å². The Balaban J connectivity index is 1.58. The number of hydrogen-bond acceptors (Lipinski definition) is 3. The molecule has 0 bridgehead atoms. The highest BCUT2D eigenvalue weighted by Crippen LogP contribution is 2.24. The molecule has 2 amide bonds. The minimum Gasteiger partial charge on any atom is -0.481 e. The summed E-state index contributed by atoms with van der Waals surface area (Å²) < 4.78 is 13.0. The molecule has 27 heavy (non-hydrogen) atoms. The van der Waals surface area contributed by atoms with Gasteiger partial charge in [0.15, 0.2) is 0 Å². The van der Waals surface area contributed by atoms with Crippen LogP contribution in [0.3, 0.4) is 0 Å². The summed E-state index contributed by atoms with van der Waals surface area (Å²) in [4.78, 5) is 40.0. The second-order valence-electron chi connectivity index (χ2n) is 7.44. The Morgan fingerprint density at radius 1 is 0.963 bits per heavy atom. The predicted molar refractivity (Wildman–Crippen MR) is 96.3 cm³/mol. The third kappa shape index (κ3) is 4.84. The third-order valence-electron chi connectivity index (χ3n) is 5.47. The monoisotopic (exact) mass is 376 g/mol. The highest BCUT2D eigenvalue weighted by Gasteiger charge is 2.34. The van der Waals surface area contributed by atoms with Gasteiger partial charge in [0, 0.05) is 26.2 Å². The van der Waals surface area contributed by atoms with Crippen molar-refractivity contribution in [3.8, 4) is 0 Å². The first-order valence-corrected chi connectivity index (χ1v) is 9.48. The van der Waals surface area contributed by atoms with Crippen molar-refractivity contribution < 1.29 is 23.9 Å². The van der Waals surface area contributed by atoms with Crippen LogP contribution in [0.5, 0.6) is 0 Å². The van der Waals surface area contributed by atoms with E-state index >= 15 is 0 Å². The molecule has 2 atom stereocenters. The number of likely N-dealkylation sites (tertiary alicyclic amines) is 2. The summed E-state index contributed by atoms with van der Waals surface area (Å²) in [6, 6.07) is 5.86. The lowest BCUT2D eigenvalue weighted by Crippen LogP contribution is -2.50. The van der Waals surface area contributed by atoms with Gasteiger partial charge in [0.05, 0.1) is 18.3 Å². The molecule has 0 aliphatic carbocycles. The molecule has 0 spiro atoms. The van der Waals surface area contributed by atoms with Gasteiger partial charge in [0.1, 0.15) is 5.82 Å². The van der Waals surface area contributed by atoms with Crippen molar-refractivity contribution in [1.82, 2.24) is 9.80 Å². The first-order valence-electron chi connectivity index (χ1n) is 9.48. The van der Waals surface area contributed by atoms with Gasteiger partial charge in [-0.2, -0.15) is 0 Å². The second kappa shape index (κ2) is 8.50. The molecule has 1 N–H and O–H groups in total. The van der Waals surface area contributed by atoms with Gasteiger partial charge >= 0.3 is 5.97 Å². The van der Waals surface area contributed by atoms with Crippen LogP contribution in [-0.2, 0) is 20.8 Å². The average Bonchev–Trinajstić information content (AvgIpc) is 2.69. The van der Waals surface area contributed by atoms with E-state index in [-0.39, 0.29) is 36.5 Å². The van der Waals surface area contributed by atoms with Crippen LogP contribution >= 0.6 is 0 Å².